The number of unbranched alkanes of at least 4 members (excludes halogenated alkanes) is 5. The molecule has 0 bridgehead atoms. The molecule has 0 aliphatic heterocycles. The summed E-state index contributed by atoms with van der Waals surface area (Å²) in [6, 6.07) is 30.0. The molecule has 10 heteroatoms. The van der Waals surface area contributed by atoms with Crippen molar-refractivity contribution in [3.63, 3.8) is 0 Å². The Labute approximate surface area is 324 Å². The van der Waals surface area contributed by atoms with Gasteiger partial charge in [-0.1, -0.05) is 87.6 Å². The number of hydrogen-bond donors (Lipinski definition) is 2. The third-order valence-corrected chi connectivity index (χ3v) is 11.0. The first kappa shape index (κ1) is 40.5. The van der Waals surface area contributed by atoms with E-state index in [0.717, 1.165) is 55.4 Å². The van der Waals surface area contributed by atoms with E-state index in [-0.39, 0.29) is 34.4 Å². The van der Waals surface area contributed by atoms with Gasteiger partial charge in [0.15, 0.2) is 0 Å². The van der Waals surface area contributed by atoms with Gasteiger partial charge in [0.1, 0.15) is 34.1 Å². The summed E-state index contributed by atoms with van der Waals surface area (Å²) in [6.45, 7) is 2.23. The van der Waals surface area contributed by atoms with Crippen LogP contribution in [0.1, 0.15) is 110 Å². The van der Waals surface area contributed by atoms with Gasteiger partial charge in [0.05, 0.1) is 0 Å². The Bertz CT molecular complexity index is 1920. The maximum Gasteiger partial charge on any atom is 0.420 e. The molecule has 1 aliphatic carbocycles. The zero-order valence-corrected chi connectivity index (χ0v) is 31.5. The van der Waals surface area contributed by atoms with Gasteiger partial charge < -0.3 is 20.9 Å². The van der Waals surface area contributed by atoms with E-state index in [9.17, 15) is 26.3 Å². The molecule has 1 aliphatic rings. The molecular weight excluding hydrogens is 727 g/mol. The van der Waals surface area contributed by atoms with Crippen molar-refractivity contribution >= 4 is 11.4 Å². The zero-order valence-electron chi connectivity index (χ0n) is 31.5. The molecular formula is C46H48F6N2O2. The van der Waals surface area contributed by atoms with Crippen LogP contribution in [0.15, 0.2) is 109 Å². The molecule has 0 atom stereocenters. The van der Waals surface area contributed by atoms with Gasteiger partial charge in [0.25, 0.3) is 0 Å². The number of aryl methyl sites for hydroxylation is 1. The lowest BCUT2D eigenvalue weighted by Gasteiger charge is -2.41. The van der Waals surface area contributed by atoms with Gasteiger partial charge in [0.2, 0.25) is 0 Å². The summed E-state index contributed by atoms with van der Waals surface area (Å²) in [5, 5.41) is 0. The quantitative estimate of drug-likeness (QED) is 0.0670. The molecule has 6 rings (SSSR count). The Balaban J connectivity index is 1.23. The fraction of sp³-hybridized carbons (Fsp3) is 0.348. The molecule has 1 saturated carbocycles. The molecule has 5 aromatic carbocycles. The van der Waals surface area contributed by atoms with Crippen LogP contribution in [0.25, 0.3) is 0 Å². The minimum Gasteiger partial charge on any atom is -0.457 e. The second-order valence-corrected chi connectivity index (χ2v) is 14.9. The van der Waals surface area contributed by atoms with Crippen LogP contribution in [0.5, 0.6) is 23.0 Å². The highest BCUT2D eigenvalue weighted by molar-refractivity contribution is 5.53. The summed E-state index contributed by atoms with van der Waals surface area (Å²) in [4.78, 5) is 0. The number of alkyl halides is 6. The molecule has 4 nitrogen and oxygen atoms in total. The normalized spacial score (nSPS) is 14.8. The second-order valence-electron chi connectivity index (χ2n) is 14.9. The first-order chi connectivity index (χ1) is 26.7. The Morgan fingerprint density at radius 2 is 1.02 bits per heavy atom. The molecule has 0 heterocycles. The van der Waals surface area contributed by atoms with E-state index in [1.165, 1.54) is 73.9 Å². The fourth-order valence-electron chi connectivity index (χ4n) is 7.91. The first-order valence-electron chi connectivity index (χ1n) is 19.3. The van der Waals surface area contributed by atoms with Crippen molar-refractivity contribution < 1.29 is 35.8 Å². The Kier molecular flexibility index (Phi) is 12.6. The SMILES string of the molecule is CCCCCCCCc1ccc(C2CCC(c3ccc(Oc4ccc(N)cc4C(F)(F)F)cc3)(c3ccc(Oc4ccc(N)cc4C(F)(F)F)cc3)CC2)cc1. The fourth-order valence-corrected chi connectivity index (χ4v) is 7.91. The Morgan fingerprint density at radius 1 is 0.571 bits per heavy atom. The topological polar surface area (TPSA) is 70.5 Å². The van der Waals surface area contributed by atoms with Gasteiger partial charge in [-0.25, -0.2) is 0 Å². The molecule has 4 N–H and O–H groups in total. The van der Waals surface area contributed by atoms with E-state index in [4.69, 9.17) is 20.9 Å². The summed E-state index contributed by atoms with van der Waals surface area (Å²) < 4.78 is 94.2. The third-order valence-electron chi connectivity index (χ3n) is 11.0. The van der Waals surface area contributed by atoms with Crippen LogP contribution >= 0.6 is 0 Å². The summed E-state index contributed by atoms with van der Waals surface area (Å²) in [7, 11) is 0. The molecule has 1 fully saturated rings. The minimum atomic E-state index is -4.65. The Hall–Kier alpha value is -5.12. The van der Waals surface area contributed by atoms with Crippen LogP contribution in [-0.4, -0.2) is 0 Å². The number of halogens is 6. The summed E-state index contributed by atoms with van der Waals surface area (Å²) in [5.74, 6) is 0.119. The number of hydrogen-bond acceptors (Lipinski definition) is 4. The lowest BCUT2D eigenvalue weighted by atomic mass is 9.62. The summed E-state index contributed by atoms with van der Waals surface area (Å²) >= 11 is 0. The first-order valence-corrected chi connectivity index (χ1v) is 19.3. The van der Waals surface area contributed by atoms with E-state index in [1.807, 2.05) is 24.3 Å². The van der Waals surface area contributed by atoms with Crippen molar-refractivity contribution in [2.24, 2.45) is 0 Å². The maximum absolute atomic E-state index is 13.8. The van der Waals surface area contributed by atoms with E-state index in [1.54, 1.807) is 24.3 Å². The van der Waals surface area contributed by atoms with Gasteiger partial charge in [-0.2, -0.15) is 26.3 Å². The van der Waals surface area contributed by atoms with E-state index >= 15 is 0 Å². The van der Waals surface area contributed by atoms with Crippen molar-refractivity contribution in [2.75, 3.05) is 11.5 Å². The second kappa shape index (κ2) is 17.3. The van der Waals surface area contributed by atoms with Crippen LogP contribution < -0.4 is 20.9 Å². The highest BCUT2D eigenvalue weighted by Crippen LogP contribution is 2.50. The number of ether oxygens (including phenoxy) is 2. The summed E-state index contributed by atoms with van der Waals surface area (Å²) in [6.07, 6.45) is 2.63. The van der Waals surface area contributed by atoms with Crippen LogP contribution in [0, 0.1) is 0 Å². The summed E-state index contributed by atoms with van der Waals surface area (Å²) in [5.41, 5.74) is 13.4. The van der Waals surface area contributed by atoms with Gasteiger partial charge in [-0.3, -0.25) is 0 Å². The smallest absolute Gasteiger partial charge is 0.420 e. The average molecular weight is 775 g/mol. The van der Waals surface area contributed by atoms with Gasteiger partial charge in [-0.05, 0) is 127 Å². The number of anilines is 2. The standard InChI is InChI=1S/C46H48F6N2O2/c1-2-3-4-5-6-7-8-31-9-11-32(12-10-31)33-25-27-44(28-26-33,34-13-19-38(20-14-34)55-42-23-17-36(53)29-40(42)45(47,48)49)35-15-21-39(22-16-35)56-43-24-18-37(54)30-41(43)46(50,51)52/h9-24,29-30,33H,2-8,25-28,53-54H2,1H3. The third kappa shape index (κ3) is 9.81. The predicted octanol–water partition coefficient (Wildman–Crippen LogP) is 14.0. The molecule has 0 saturated heterocycles. The molecule has 0 aromatic heterocycles. The maximum atomic E-state index is 13.8. The number of benzene rings is 5. The van der Waals surface area contributed by atoms with Gasteiger partial charge in [-0.15, -0.1) is 0 Å². The molecule has 56 heavy (non-hydrogen) atoms. The number of rotatable bonds is 14. The van der Waals surface area contributed by atoms with E-state index in [0.29, 0.717) is 5.92 Å². The van der Waals surface area contributed by atoms with Gasteiger partial charge in [0, 0.05) is 16.8 Å². The number of nitrogen functional groups attached to an aromatic ring is 2. The largest absolute Gasteiger partial charge is 0.457 e. The highest BCUT2D eigenvalue weighted by atomic mass is 19.4. The predicted molar refractivity (Wildman–Crippen MR) is 210 cm³/mol. The van der Waals surface area contributed by atoms with Crippen molar-refractivity contribution in [2.45, 2.75) is 101 Å². The molecule has 0 spiro atoms. The zero-order chi connectivity index (χ0) is 39.9. The minimum absolute atomic E-state index is 0.0210. The number of nitrogens with two attached hydrogens (primary N) is 2. The van der Waals surface area contributed by atoms with E-state index in [2.05, 4.69) is 31.2 Å². The van der Waals surface area contributed by atoms with Crippen LogP contribution in [0.4, 0.5) is 37.7 Å². The molecule has 5 aromatic rings. The van der Waals surface area contributed by atoms with Crippen LogP contribution in [-0.2, 0) is 24.2 Å². The van der Waals surface area contributed by atoms with Crippen LogP contribution in [0.3, 0.4) is 0 Å². The lowest BCUT2D eigenvalue weighted by Crippen LogP contribution is -2.32. The van der Waals surface area contributed by atoms with Crippen molar-refractivity contribution in [3.05, 3.63) is 143 Å². The van der Waals surface area contributed by atoms with Gasteiger partial charge >= 0.3 is 12.4 Å². The molecule has 0 radical (unpaired) electrons. The van der Waals surface area contributed by atoms with Crippen molar-refractivity contribution in [1.82, 2.24) is 0 Å². The monoisotopic (exact) mass is 774 g/mol. The van der Waals surface area contributed by atoms with Crippen molar-refractivity contribution in [1.29, 1.82) is 0 Å². The Morgan fingerprint density at radius 3 is 1.46 bits per heavy atom. The van der Waals surface area contributed by atoms with E-state index < -0.39 is 28.9 Å². The molecule has 0 unspecified atom stereocenters. The van der Waals surface area contributed by atoms with Crippen molar-refractivity contribution in [3.8, 4) is 23.0 Å². The average Bonchev–Trinajstić information content (AvgIpc) is 3.18. The lowest BCUT2D eigenvalue weighted by molar-refractivity contribution is -0.139. The molecule has 296 valence electrons. The highest BCUT2D eigenvalue weighted by Gasteiger charge is 2.40. The van der Waals surface area contributed by atoms with Crippen LogP contribution in [0.2, 0.25) is 0 Å². The molecule has 0 amide bonds.